The van der Waals surface area contributed by atoms with Crippen molar-refractivity contribution in [1.29, 1.82) is 0 Å². The SMILES string of the molecule is CC(C)(C)OC(=O)N(CCSC(c1ccccc1)(c1ccccc1)c1ccccc1)CCN(CCOC(=O)N1CC2NC=CN2c2ccc(F)cc2C1=O)CCSC(c1ccccc1)(c1ccccc1)c1ccccc1. The number of nitrogens with zero attached hydrogens (tertiary/aromatic N) is 4. The van der Waals surface area contributed by atoms with E-state index in [2.05, 4.69) is 156 Å². The number of amides is 3. The van der Waals surface area contributed by atoms with Crippen molar-refractivity contribution in [3.05, 3.63) is 257 Å². The molecule has 0 aliphatic carbocycles. The monoisotopic (exact) mass is 1050 g/mol. The Morgan fingerprint density at radius 1 is 0.605 bits per heavy atom. The van der Waals surface area contributed by atoms with E-state index in [4.69, 9.17) is 9.47 Å². The average Bonchev–Trinajstić information content (AvgIpc) is 3.90. The van der Waals surface area contributed by atoms with Crippen LogP contribution in [0.25, 0.3) is 0 Å². The van der Waals surface area contributed by atoms with Crippen molar-refractivity contribution in [1.82, 2.24) is 20.0 Å². The summed E-state index contributed by atoms with van der Waals surface area (Å²) >= 11 is 3.61. The molecule has 13 heteroatoms. The number of benzene rings is 7. The van der Waals surface area contributed by atoms with Crippen LogP contribution in [0.1, 0.15) is 64.5 Å². The molecule has 7 aromatic rings. The Morgan fingerprint density at radius 2 is 1.05 bits per heavy atom. The molecule has 0 fully saturated rings. The first kappa shape index (κ1) is 53.5. The number of anilines is 1. The fourth-order valence-corrected chi connectivity index (χ4v) is 13.1. The summed E-state index contributed by atoms with van der Waals surface area (Å²) in [6.07, 6.45) is 1.81. The molecule has 10 nitrogen and oxygen atoms in total. The maximum atomic E-state index is 14.6. The highest BCUT2D eigenvalue weighted by molar-refractivity contribution is 8.00. The van der Waals surface area contributed by atoms with Crippen molar-refractivity contribution in [3.8, 4) is 0 Å². The molecule has 390 valence electrons. The Bertz CT molecular complexity index is 2850. The van der Waals surface area contributed by atoms with Gasteiger partial charge in [-0.2, -0.15) is 0 Å². The lowest BCUT2D eigenvalue weighted by atomic mass is 9.84. The molecule has 76 heavy (non-hydrogen) atoms. The van der Waals surface area contributed by atoms with Crippen LogP contribution >= 0.6 is 23.5 Å². The first-order valence-corrected chi connectivity index (χ1v) is 27.7. The third-order valence-corrected chi connectivity index (χ3v) is 16.7. The first-order chi connectivity index (χ1) is 37.0. The van der Waals surface area contributed by atoms with E-state index in [1.807, 2.05) is 73.8 Å². The zero-order chi connectivity index (χ0) is 53.0. The van der Waals surface area contributed by atoms with Crippen LogP contribution in [0.2, 0.25) is 0 Å². The van der Waals surface area contributed by atoms with Crippen molar-refractivity contribution in [3.63, 3.8) is 0 Å². The lowest BCUT2D eigenvalue weighted by Gasteiger charge is -2.37. The highest BCUT2D eigenvalue weighted by Crippen LogP contribution is 2.50. The van der Waals surface area contributed by atoms with E-state index in [1.54, 1.807) is 35.1 Å². The number of fused-ring (bicyclic) bond motifs is 3. The zero-order valence-corrected chi connectivity index (χ0v) is 44.8. The van der Waals surface area contributed by atoms with Crippen molar-refractivity contribution in [2.24, 2.45) is 0 Å². The Kier molecular flexibility index (Phi) is 17.3. The number of hydrogen-bond acceptors (Lipinski definition) is 10. The minimum Gasteiger partial charge on any atom is -0.448 e. The van der Waals surface area contributed by atoms with Gasteiger partial charge in [0.25, 0.3) is 5.91 Å². The van der Waals surface area contributed by atoms with Crippen molar-refractivity contribution in [2.75, 3.05) is 62.3 Å². The smallest absolute Gasteiger partial charge is 0.416 e. The molecule has 2 aliphatic heterocycles. The van der Waals surface area contributed by atoms with Gasteiger partial charge in [-0.05, 0) is 72.4 Å². The van der Waals surface area contributed by atoms with Gasteiger partial charge >= 0.3 is 12.2 Å². The van der Waals surface area contributed by atoms with E-state index >= 15 is 0 Å². The van der Waals surface area contributed by atoms with Crippen LogP contribution in [-0.4, -0.2) is 102 Å². The minimum atomic E-state index is -0.826. The Morgan fingerprint density at radius 3 is 1.50 bits per heavy atom. The van der Waals surface area contributed by atoms with E-state index in [0.717, 1.165) is 44.3 Å². The first-order valence-electron chi connectivity index (χ1n) is 25.8. The van der Waals surface area contributed by atoms with Crippen LogP contribution in [0, 0.1) is 5.82 Å². The summed E-state index contributed by atoms with van der Waals surface area (Å²) in [7, 11) is 0. The topological polar surface area (TPSA) is 94.7 Å². The summed E-state index contributed by atoms with van der Waals surface area (Å²) in [6.45, 7) is 7.50. The van der Waals surface area contributed by atoms with Gasteiger partial charge in [0.15, 0.2) is 0 Å². The van der Waals surface area contributed by atoms with Crippen molar-refractivity contribution < 1.29 is 28.2 Å². The second-order valence-electron chi connectivity index (χ2n) is 19.7. The molecule has 0 saturated heterocycles. The van der Waals surface area contributed by atoms with Gasteiger partial charge in [-0.25, -0.2) is 18.9 Å². The lowest BCUT2D eigenvalue weighted by Crippen LogP contribution is -2.47. The van der Waals surface area contributed by atoms with Crippen LogP contribution in [-0.2, 0) is 19.0 Å². The number of imide groups is 1. The molecule has 1 atom stereocenters. The Labute approximate surface area is 454 Å². The van der Waals surface area contributed by atoms with E-state index in [0.29, 0.717) is 49.9 Å². The van der Waals surface area contributed by atoms with Gasteiger partial charge in [-0.15, -0.1) is 23.5 Å². The predicted octanol–water partition coefficient (Wildman–Crippen LogP) is 12.6. The van der Waals surface area contributed by atoms with Crippen LogP contribution in [0.4, 0.5) is 19.7 Å². The summed E-state index contributed by atoms with van der Waals surface area (Å²) < 4.78 is 25.6. The van der Waals surface area contributed by atoms with E-state index in [9.17, 15) is 18.8 Å². The van der Waals surface area contributed by atoms with Gasteiger partial charge in [0.05, 0.1) is 27.3 Å². The fourth-order valence-electron chi connectivity index (χ4n) is 10.0. The summed E-state index contributed by atoms with van der Waals surface area (Å²) in [5.41, 5.74) is 6.61. The predicted molar refractivity (Wildman–Crippen MR) is 305 cm³/mol. The van der Waals surface area contributed by atoms with Gasteiger partial charge in [0.2, 0.25) is 0 Å². The molecule has 3 amide bonds. The van der Waals surface area contributed by atoms with Crippen LogP contribution in [0.15, 0.2) is 213 Å². The molecule has 0 spiro atoms. The molecule has 0 bridgehead atoms. The molecule has 2 aliphatic rings. The maximum Gasteiger partial charge on any atom is 0.416 e. The lowest BCUT2D eigenvalue weighted by molar-refractivity contribution is 0.0242. The number of rotatable bonds is 20. The molecule has 0 radical (unpaired) electrons. The number of hydrogen-bond donors (Lipinski definition) is 1. The number of ether oxygens (including phenoxy) is 2. The van der Waals surface area contributed by atoms with Gasteiger partial charge in [-0.1, -0.05) is 182 Å². The largest absolute Gasteiger partial charge is 0.448 e. The molecule has 1 unspecified atom stereocenters. The second kappa shape index (κ2) is 24.6. The molecular weight excluding hydrogens is 990 g/mol. The van der Waals surface area contributed by atoms with E-state index in [-0.39, 0.29) is 18.7 Å². The number of carbonyl (C=O) groups is 3. The van der Waals surface area contributed by atoms with Gasteiger partial charge in [0.1, 0.15) is 24.2 Å². The Balaban J connectivity index is 0.990. The standard InChI is InChI=1S/C63H64FN5O5S2/c1-61(2,3)74-59(71)67(42-45-76-63(51-28-16-7-17-29-51,52-30-18-8-19-31-52)53-32-20-9-21-33-53)39-38-66(40-43-73-60(72)69-47-57-65-36-37-68(57)56-35-34-54(64)46-55(56)58(69)70)41-44-75-62(48-22-10-4-11-23-48,49-24-12-5-13-25-49)50-26-14-6-15-27-50/h4-37,46,57,65H,38-45,47H2,1-3H3. The molecule has 9 rings (SSSR count). The fraction of sp³-hybridized carbons (Fsp3) is 0.254. The molecular formula is C63H64FN5O5S2. The highest BCUT2D eigenvalue weighted by atomic mass is 32.2. The zero-order valence-electron chi connectivity index (χ0n) is 43.2. The molecule has 0 aromatic heterocycles. The number of thioether (sulfide) groups is 2. The van der Waals surface area contributed by atoms with Gasteiger partial charge < -0.3 is 24.6 Å². The second-order valence-corrected chi connectivity index (χ2v) is 22.3. The van der Waals surface area contributed by atoms with Gasteiger partial charge in [-0.3, -0.25) is 9.69 Å². The Hall–Kier alpha value is -7.32. The molecule has 7 aromatic carbocycles. The minimum absolute atomic E-state index is 0.0230. The molecule has 0 saturated carbocycles. The van der Waals surface area contributed by atoms with Crippen LogP contribution in [0.5, 0.6) is 0 Å². The molecule has 1 N–H and O–H groups in total. The summed E-state index contributed by atoms with van der Waals surface area (Å²) in [4.78, 5) is 49.3. The van der Waals surface area contributed by atoms with Crippen molar-refractivity contribution in [2.45, 2.75) is 42.0 Å². The summed E-state index contributed by atoms with van der Waals surface area (Å²) in [5, 5.41) is 3.20. The third kappa shape index (κ3) is 12.2. The quantitative estimate of drug-likeness (QED) is 0.0744. The maximum absolute atomic E-state index is 14.6. The molecule has 2 heterocycles. The number of carbonyl (C=O) groups excluding carboxylic acids is 3. The normalized spacial score (nSPS) is 14.4. The van der Waals surface area contributed by atoms with Crippen LogP contribution in [0.3, 0.4) is 0 Å². The summed E-state index contributed by atoms with van der Waals surface area (Å²) in [5.74, 6) is -0.00987. The van der Waals surface area contributed by atoms with E-state index < -0.39 is 45.2 Å². The van der Waals surface area contributed by atoms with Crippen molar-refractivity contribution >= 4 is 47.3 Å². The van der Waals surface area contributed by atoms with E-state index in [1.165, 1.54) is 6.07 Å². The average molecular weight is 1050 g/mol. The number of nitrogens with one attached hydrogen (secondary N) is 1. The van der Waals surface area contributed by atoms with Gasteiger partial charge in [0, 0.05) is 56.6 Å². The number of halogens is 1. The summed E-state index contributed by atoms with van der Waals surface area (Å²) in [6, 6.07) is 67.1. The highest BCUT2D eigenvalue weighted by Gasteiger charge is 2.40. The third-order valence-electron chi connectivity index (χ3n) is 13.6. The van der Waals surface area contributed by atoms with Crippen LogP contribution < -0.4 is 10.2 Å².